The van der Waals surface area contributed by atoms with E-state index < -0.39 is 16.6 Å². The molecule has 0 saturated heterocycles. The molecule has 1 aromatic rings. The number of halogens is 1. The van der Waals surface area contributed by atoms with Crippen LogP contribution in [0.2, 0.25) is 44.3 Å². The Morgan fingerprint density at radius 3 is 2.00 bits per heavy atom. The molecule has 0 saturated carbocycles. The molecule has 0 aliphatic carbocycles. The Hall–Kier alpha value is -0.136. The van der Waals surface area contributed by atoms with E-state index in [0.29, 0.717) is 0 Å². The van der Waals surface area contributed by atoms with Crippen molar-refractivity contribution in [3.05, 3.63) is 34.9 Å². The van der Waals surface area contributed by atoms with Crippen molar-refractivity contribution in [2.24, 2.45) is 0 Å². The average molecular weight is 373 g/mol. The number of hydrogen-bond donors (Lipinski definition) is 0. The lowest BCUT2D eigenvalue weighted by Crippen LogP contribution is -2.40. The van der Waals surface area contributed by atoms with Crippen LogP contribution in [0.1, 0.15) is 37.9 Å². The Bertz CT molecular complexity index is 481. The third-order valence-corrected chi connectivity index (χ3v) is 5.69. The van der Waals surface area contributed by atoms with Gasteiger partial charge in [0.25, 0.3) is 0 Å². The van der Waals surface area contributed by atoms with Gasteiger partial charge >= 0.3 is 0 Å². The molecule has 0 bridgehead atoms. The first-order valence-corrected chi connectivity index (χ1v) is 15.8. The Labute approximate surface area is 149 Å². The first-order valence-electron chi connectivity index (χ1n) is 8.63. The molecule has 0 N–H and O–H groups in total. The molecule has 23 heavy (non-hydrogen) atoms. The molecule has 0 aliphatic rings. The number of unbranched alkanes of at least 4 members (excludes halogenated alkanes) is 1. The standard InChI is InChI=1S/C18H33ClO2Si2/c1-8-9-14-17(20-22(2,3)4)18(21-23(5,6)7)15-12-10-11-13-16(15)19/h10-13,17-18H,8-9,14H2,1-7H3/t17-,18-/m0/s1. The van der Waals surface area contributed by atoms with Gasteiger partial charge in [-0.3, -0.25) is 0 Å². The molecule has 0 aromatic heterocycles. The molecular formula is C18H33ClO2Si2. The summed E-state index contributed by atoms with van der Waals surface area (Å²) >= 11 is 6.49. The largest absolute Gasteiger partial charge is 0.412 e. The number of benzene rings is 1. The summed E-state index contributed by atoms with van der Waals surface area (Å²) in [6, 6.07) is 8.04. The van der Waals surface area contributed by atoms with Gasteiger partial charge in [0.05, 0.1) is 12.2 Å². The summed E-state index contributed by atoms with van der Waals surface area (Å²) in [5.41, 5.74) is 1.07. The smallest absolute Gasteiger partial charge is 0.184 e. The van der Waals surface area contributed by atoms with Crippen molar-refractivity contribution in [3.8, 4) is 0 Å². The number of hydrogen-bond acceptors (Lipinski definition) is 2. The van der Waals surface area contributed by atoms with Crippen molar-refractivity contribution < 1.29 is 8.85 Å². The van der Waals surface area contributed by atoms with Crippen molar-refractivity contribution >= 4 is 28.2 Å². The second-order valence-electron chi connectivity index (χ2n) is 8.08. The van der Waals surface area contributed by atoms with Crippen molar-refractivity contribution in [1.29, 1.82) is 0 Å². The van der Waals surface area contributed by atoms with Gasteiger partial charge in [0.2, 0.25) is 0 Å². The van der Waals surface area contributed by atoms with Crippen LogP contribution in [-0.2, 0) is 8.85 Å². The molecule has 0 unspecified atom stereocenters. The second-order valence-corrected chi connectivity index (χ2v) is 17.4. The van der Waals surface area contributed by atoms with E-state index in [9.17, 15) is 0 Å². The quantitative estimate of drug-likeness (QED) is 0.452. The lowest BCUT2D eigenvalue weighted by atomic mass is 10.0. The summed E-state index contributed by atoms with van der Waals surface area (Å²) in [5.74, 6) is 0. The van der Waals surface area contributed by atoms with Gasteiger partial charge in [0.15, 0.2) is 16.6 Å². The minimum atomic E-state index is -1.73. The highest BCUT2D eigenvalue weighted by molar-refractivity contribution is 6.70. The van der Waals surface area contributed by atoms with Crippen LogP contribution in [0.25, 0.3) is 0 Å². The normalized spacial score (nSPS) is 15.5. The highest BCUT2D eigenvalue weighted by Crippen LogP contribution is 2.35. The van der Waals surface area contributed by atoms with Crippen LogP contribution in [0.4, 0.5) is 0 Å². The predicted molar refractivity (Wildman–Crippen MR) is 106 cm³/mol. The predicted octanol–water partition coefficient (Wildman–Crippen LogP) is 6.64. The maximum absolute atomic E-state index is 6.56. The second kappa shape index (κ2) is 8.81. The highest BCUT2D eigenvalue weighted by atomic mass is 35.5. The summed E-state index contributed by atoms with van der Waals surface area (Å²) in [4.78, 5) is 0. The Morgan fingerprint density at radius 2 is 1.52 bits per heavy atom. The van der Waals surface area contributed by atoms with Gasteiger partial charge in [0.1, 0.15) is 0 Å². The zero-order valence-electron chi connectivity index (χ0n) is 15.8. The van der Waals surface area contributed by atoms with E-state index in [4.69, 9.17) is 20.5 Å². The van der Waals surface area contributed by atoms with Crippen LogP contribution in [0, 0.1) is 0 Å². The summed E-state index contributed by atoms with van der Waals surface area (Å²) < 4.78 is 13.1. The molecule has 5 heteroatoms. The summed E-state index contributed by atoms with van der Waals surface area (Å²) in [6.07, 6.45) is 3.32. The van der Waals surface area contributed by atoms with Crippen molar-refractivity contribution in [1.82, 2.24) is 0 Å². The molecule has 1 aromatic carbocycles. The topological polar surface area (TPSA) is 18.5 Å². The maximum atomic E-state index is 6.56. The zero-order valence-corrected chi connectivity index (χ0v) is 18.5. The SMILES string of the molecule is CCCC[C@H](O[Si](C)(C)C)[C@@H](O[Si](C)(C)C)c1ccccc1Cl. The van der Waals surface area contributed by atoms with Gasteiger partial charge in [-0.2, -0.15) is 0 Å². The Morgan fingerprint density at radius 1 is 0.957 bits per heavy atom. The van der Waals surface area contributed by atoms with E-state index in [1.165, 1.54) is 0 Å². The fraction of sp³-hybridized carbons (Fsp3) is 0.667. The lowest BCUT2D eigenvalue weighted by molar-refractivity contribution is 0.0362. The molecule has 0 heterocycles. The first kappa shape index (κ1) is 20.9. The molecule has 0 radical (unpaired) electrons. The monoisotopic (exact) mass is 372 g/mol. The van der Waals surface area contributed by atoms with E-state index >= 15 is 0 Å². The molecule has 2 atom stereocenters. The summed E-state index contributed by atoms with van der Waals surface area (Å²) in [5, 5.41) is 0.774. The Kier molecular flexibility index (Phi) is 8.01. The van der Waals surface area contributed by atoms with Gasteiger partial charge in [-0.25, -0.2) is 0 Å². The van der Waals surface area contributed by atoms with Crippen LogP contribution < -0.4 is 0 Å². The minimum absolute atomic E-state index is 0.0753. The van der Waals surface area contributed by atoms with Crippen LogP contribution in [-0.4, -0.2) is 22.7 Å². The van der Waals surface area contributed by atoms with E-state index in [1.807, 2.05) is 18.2 Å². The zero-order chi connectivity index (χ0) is 17.7. The van der Waals surface area contributed by atoms with E-state index in [1.54, 1.807) is 0 Å². The average Bonchev–Trinajstić information content (AvgIpc) is 2.39. The summed E-state index contributed by atoms with van der Waals surface area (Å²) in [7, 11) is -3.39. The molecular weight excluding hydrogens is 340 g/mol. The molecule has 0 fully saturated rings. The fourth-order valence-electron chi connectivity index (χ4n) is 2.56. The van der Waals surface area contributed by atoms with Crippen molar-refractivity contribution in [2.75, 3.05) is 0 Å². The van der Waals surface area contributed by atoms with Crippen LogP contribution >= 0.6 is 11.6 Å². The van der Waals surface area contributed by atoms with Gasteiger partial charge < -0.3 is 8.85 Å². The van der Waals surface area contributed by atoms with Gasteiger partial charge in [-0.15, -0.1) is 0 Å². The fourth-order valence-corrected chi connectivity index (χ4v) is 4.99. The van der Waals surface area contributed by atoms with E-state index in [2.05, 4.69) is 52.3 Å². The van der Waals surface area contributed by atoms with Crippen LogP contribution in [0.15, 0.2) is 24.3 Å². The van der Waals surface area contributed by atoms with Crippen LogP contribution in [0.3, 0.4) is 0 Å². The maximum Gasteiger partial charge on any atom is 0.184 e. The third kappa shape index (κ3) is 7.99. The van der Waals surface area contributed by atoms with Crippen molar-refractivity contribution in [3.63, 3.8) is 0 Å². The molecule has 2 nitrogen and oxygen atoms in total. The first-order chi connectivity index (χ1) is 10.5. The molecule has 0 aliphatic heterocycles. The lowest BCUT2D eigenvalue weighted by Gasteiger charge is -2.37. The highest BCUT2D eigenvalue weighted by Gasteiger charge is 2.33. The number of rotatable bonds is 9. The Balaban J connectivity index is 3.18. The minimum Gasteiger partial charge on any atom is -0.412 e. The third-order valence-electron chi connectivity index (χ3n) is 3.38. The van der Waals surface area contributed by atoms with Crippen molar-refractivity contribution in [2.45, 2.75) is 77.7 Å². The molecule has 132 valence electrons. The van der Waals surface area contributed by atoms with Gasteiger partial charge in [-0.05, 0) is 51.8 Å². The van der Waals surface area contributed by atoms with Crippen LogP contribution in [0.5, 0.6) is 0 Å². The van der Waals surface area contributed by atoms with Gasteiger partial charge in [-0.1, -0.05) is 49.6 Å². The van der Waals surface area contributed by atoms with Gasteiger partial charge in [0, 0.05) is 10.6 Å². The van der Waals surface area contributed by atoms with E-state index in [0.717, 1.165) is 29.8 Å². The van der Waals surface area contributed by atoms with E-state index in [-0.39, 0.29) is 12.2 Å². The summed E-state index contributed by atoms with van der Waals surface area (Å²) in [6.45, 7) is 15.6. The molecule has 0 spiro atoms. The molecule has 0 amide bonds. The molecule has 1 rings (SSSR count).